The molecule has 0 heterocycles. The van der Waals surface area contributed by atoms with Gasteiger partial charge >= 0.3 is 11.9 Å². The molecule has 0 amide bonds. The fraction of sp³-hybridized carbons (Fsp3) is 0.538. The van der Waals surface area contributed by atoms with Crippen LogP contribution in [0, 0.1) is 5.92 Å². The summed E-state index contributed by atoms with van der Waals surface area (Å²) < 4.78 is 10.1. The van der Waals surface area contributed by atoms with Crippen molar-refractivity contribution in [2.75, 3.05) is 13.7 Å². The zero-order chi connectivity index (χ0) is 21.4. The number of hydrogen-bond acceptors (Lipinski definition) is 4. The van der Waals surface area contributed by atoms with Gasteiger partial charge in [0, 0.05) is 6.42 Å². The molecule has 2 rings (SSSR count). The normalized spacial score (nSPS) is 15.3. The maximum Gasteiger partial charge on any atom is 0.338 e. The molecule has 4 nitrogen and oxygen atoms in total. The van der Waals surface area contributed by atoms with E-state index in [1.165, 1.54) is 44.8 Å². The van der Waals surface area contributed by atoms with Crippen LogP contribution in [0.3, 0.4) is 0 Å². The Kier molecular flexibility index (Phi) is 11.6. The highest BCUT2D eigenvalue weighted by molar-refractivity contribution is 5.89. The van der Waals surface area contributed by atoms with E-state index in [0.717, 1.165) is 32.1 Å². The van der Waals surface area contributed by atoms with Gasteiger partial charge in [-0.3, -0.25) is 4.79 Å². The van der Waals surface area contributed by atoms with Crippen LogP contribution in [0.25, 0.3) is 0 Å². The average Bonchev–Trinajstić information content (AvgIpc) is 2.79. The molecular formula is C26H36O4. The van der Waals surface area contributed by atoms with E-state index < -0.39 is 0 Å². The van der Waals surface area contributed by atoms with Crippen LogP contribution < -0.4 is 0 Å². The molecule has 0 unspecified atom stereocenters. The second-order valence-electron chi connectivity index (χ2n) is 7.97. The fourth-order valence-electron chi connectivity index (χ4n) is 3.78. The van der Waals surface area contributed by atoms with E-state index in [1.807, 2.05) is 18.2 Å². The predicted octanol–water partition coefficient (Wildman–Crippen LogP) is 6.42. The average molecular weight is 413 g/mol. The van der Waals surface area contributed by atoms with Gasteiger partial charge in [-0.25, -0.2) is 4.79 Å². The highest BCUT2D eigenvalue weighted by atomic mass is 16.5. The number of rotatable bonds is 12. The molecule has 0 aliphatic heterocycles. The van der Waals surface area contributed by atoms with Crippen LogP contribution >= 0.6 is 0 Å². The van der Waals surface area contributed by atoms with E-state index in [1.54, 1.807) is 12.1 Å². The molecule has 1 aromatic rings. The molecular weight excluding hydrogens is 376 g/mol. The Balaban J connectivity index is 1.75. The molecule has 0 radical (unpaired) electrons. The van der Waals surface area contributed by atoms with Gasteiger partial charge in [0.05, 0.1) is 19.3 Å². The highest BCUT2D eigenvalue weighted by Gasteiger charge is 2.11. The number of carbonyl (C=O) groups excluding carboxylic acids is 2. The Bertz CT molecular complexity index is 684. The first-order valence-electron chi connectivity index (χ1n) is 11.3. The quantitative estimate of drug-likeness (QED) is 0.226. The summed E-state index contributed by atoms with van der Waals surface area (Å²) in [6.45, 7) is 0.452. The van der Waals surface area contributed by atoms with Crippen LogP contribution in [0.2, 0.25) is 0 Å². The maximum absolute atomic E-state index is 12.0. The molecule has 1 aliphatic carbocycles. The van der Waals surface area contributed by atoms with E-state index in [-0.39, 0.29) is 11.9 Å². The van der Waals surface area contributed by atoms with Gasteiger partial charge in [-0.05, 0) is 63.0 Å². The lowest BCUT2D eigenvalue weighted by Gasteiger charge is -2.19. The zero-order valence-electron chi connectivity index (χ0n) is 18.3. The van der Waals surface area contributed by atoms with Crippen LogP contribution in [0.4, 0.5) is 0 Å². The Morgan fingerprint density at radius 3 is 2.50 bits per heavy atom. The van der Waals surface area contributed by atoms with E-state index in [9.17, 15) is 9.59 Å². The molecule has 1 aliphatic rings. The van der Waals surface area contributed by atoms with Gasteiger partial charge in [-0.1, -0.05) is 61.3 Å². The van der Waals surface area contributed by atoms with Crippen molar-refractivity contribution >= 4 is 11.9 Å². The van der Waals surface area contributed by atoms with Crippen molar-refractivity contribution in [3.05, 3.63) is 59.7 Å². The molecule has 0 aromatic heterocycles. The van der Waals surface area contributed by atoms with Crippen molar-refractivity contribution in [2.45, 2.75) is 70.6 Å². The topological polar surface area (TPSA) is 52.6 Å². The third kappa shape index (κ3) is 9.91. The third-order valence-corrected chi connectivity index (χ3v) is 5.51. The molecule has 0 N–H and O–H groups in total. The molecule has 1 fully saturated rings. The van der Waals surface area contributed by atoms with Gasteiger partial charge in [-0.2, -0.15) is 0 Å². The minimum absolute atomic E-state index is 0.147. The van der Waals surface area contributed by atoms with Gasteiger partial charge in [0.15, 0.2) is 0 Å². The Morgan fingerprint density at radius 2 is 1.77 bits per heavy atom. The minimum atomic E-state index is -0.251. The van der Waals surface area contributed by atoms with Crippen LogP contribution in [0.5, 0.6) is 0 Å². The van der Waals surface area contributed by atoms with Crippen LogP contribution in [-0.4, -0.2) is 25.7 Å². The van der Waals surface area contributed by atoms with Gasteiger partial charge in [0.25, 0.3) is 0 Å². The molecule has 0 bridgehead atoms. The van der Waals surface area contributed by atoms with Crippen molar-refractivity contribution in [3.63, 3.8) is 0 Å². The minimum Gasteiger partial charge on any atom is -0.469 e. The number of unbranched alkanes of at least 4 members (excludes halogenated alkanes) is 2. The molecule has 0 atom stereocenters. The molecule has 1 saturated carbocycles. The molecule has 164 valence electrons. The highest BCUT2D eigenvalue weighted by Crippen LogP contribution is 2.27. The largest absolute Gasteiger partial charge is 0.469 e. The van der Waals surface area contributed by atoms with E-state index in [2.05, 4.69) is 23.0 Å². The number of hydrogen-bond donors (Lipinski definition) is 0. The summed E-state index contributed by atoms with van der Waals surface area (Å²) in [7, 11) is 1.43. The first-order chi connectivity index (χ1) is 14.7. The summed E-state index contributed by atoms with van der Waals surface area (Å²) in [5, 5.41) is 0. The van der Waals surface area contributed by atoms with E-state index >= 15 is 0 Å². The number of ether oxygens (including phenoxy) is 2. The molecule has 0 spiro atoms. The van der Waals surface area contributed by atoms with Crippen LogP contribution in [0.1, 0.15) is 81.0 Å². The van der Waals surface area contributed by atoms with Gasteiger partial charge < -0.3 is 9.47 Å². The number of carbonyl (C=O) groups is 2. The summed E-state index contributed by atoms with van der Waals surface area (Å²) in [5.74, 6) is 0.287. The van der Waals surface area contributed by atoms with Crippen molar-refractivity contribution in [3.8, 4) is 0 Å². The van der Waals surface area contributed by atoms with E-state index in [4.69, 9.17) is 4.74 Å². The zero-order valence-corrected chi connectivity index (χ0v) is 18.3. The molecule has 1 aromatic carbocycles. The fourth-order valence-corrected chi connectivity index (χ4v) is 3.78. The third-order valence-electron chi connectivity index (χ3n) is 5.51. The number of allylic oxidation sites excluding steroid dienone is 4. The molecule has 0 saturated heterocycles. The summed E-state index contributed by atoms with van der Waals surface area (Å²) in [4.78, 5) is 23.2. The lowest BCUT2D eigenvalue weighted by Crippen LogP contribution is -2.06. The van der Waals surface area contributed by atoms with Crippen molar-refractivity contribution in [1.82, 2.24) is 0 Å². The number of methoxy groups -OCH3 is 1. The summed E-state index contributed by atoms with van der Waals surface area (Å²) in [6, 6.07) is 9.13. The number of esters is 2. The predicted molar refractivity (Wildman–Crippen MR) is 120 cm³/mol. The summed E-state index contributed by atoms with van der Waals surface area (Å²) in [6.07, 6.45) is 18.4. The Hall–Kier alpha value is -2.36. The molecule has 4 heteroatoms. The summed E-state index contributed by atoms with van der Waals surface area (Å²) in [5.41, 5.74) is 1.97. The smallest absolute Gasteiger partial charge is 0.338 e. The first-order valence-corrected chi connectivity index (χ1v) is 11.3. The monoisotopic (exact) mass is 412 g/mol. The van der Waals surface area contributed by atoms with Gasteiger partial charge in [0.1, 0.15) is 0 Å². The van der Waals surface area contributed by atoms with Gasteiger partial charge in [-0.15, -0.1) is 0 Å². The number of benzene rings is 1. The SMILES string of the molecule is COC(=O)CCC/C=C/C(=C/C1CCCCC1)CCCCOC(=O)c1ccccc1. The summed E-state index contributed by atoms with van der Waals surface area (Å²) >= 11 is 0. The Morgan fingerprint density at radius 1 is 1.00 bits per heavy atom. The van der Waals surface area contributed by atoms with Crippen molar-refractivity contribution in [2.24, 2.45) is 5.92 Å². The van der Waals surface area contributed by atoms with Gasteiger partial charge in [0.2, 0.25) is 0 Å². The standard InChI is InChI=1S/C26H36O4/c1-29-25(27)19-10-3-7-15-23(21-22-13-5-2-6-14-22)16-11-12-20-30-26(28)24-17-8-4-9-18-24/h4,7-9,15,17-18,21-22H,2-3,5-6,10-14,16,19-20H2,1H3/b15-7+,23-21-. The Labute approximate surface area is 181 Å². The van der Waals surface area contributed by atoms with Crippen LogP contribution in [-0.2, 0) is 14.3 Å². The lowest BCUT2D eigenvalue weighted by atomic mass is 9.87. The van der Waals surface area contributed by atoms with Crippen molar-refractivity contribution in [1.29, 1.82) is 0 Å². The lowest BCUT2D eigenvalue weighted by molar-refractivity contribution is -0.140. The maximum atomic E-state index is 12.0. The second-order valence-corrected chi connectivity index (χ2v) is 7.97. The van der Waals surface area contributed by atoms with Crippen LogP contribution in [0.15, 0.2) is 54.1 Å². The molecule has 30 heavy (non-hydrogen) atoms. The van der Waals surface area contributed by atoms with Crippen molar-refractivity contribution < 1.29 is 19.1 Å². The second kappa shape index (κ2) is 14.6. The first kappa shape index (κ1) is 23.9. The van der Waals surface area contributed by atoms with E-state index in [0.29, 0.717) is 24.5 Å².